The van der Waals surface area contributed by atoms with Crippen molar-refractivity contribution in [3.8, 4) is 16.8 Å². The second kappa shape index (κ2) is 8.47. The molecule has 0 unspecified atom stereocenters. The number of hydrogen-bond acceptors (Lipinski definition) is 2. The molecule has 0 spiro atoms. The fourth-order valence-electron chi connectivity index (χ4n) is 6.06. The third kappa shape index (κ3) is 3.41. The van der Waals surface area contributed by atoms with Crippen LogP contribution >= 0.6 is 22.9 Å². The molecule has 8 aromatic rings. The van der Waals surface area contributed by atoms with Crippen molar-refractivity contribution in [2.45, 2.75) is 26.2 Å². The van der Waals surface area contributed by atoms with Gasteiger partial charge in [0.25, 0.3) is 0 Å². The summed E-state index contributed by atoms with van der Waals surface area (Å²) < 4.78 is 10.2. The Morgan fingerprint density at radius 1 is 0.700 bits per heavy atom. The van der Waals surface area contributed by atoms with Crippen LogP contribution in [0.4, 0.5) is 0 Å². The van der Waals surface area contributed by atoms with Crippen LogP contribution in [0, 0.1) is 0 Å². The molecule has 40 heavy (non-hydrogen) atoms. The molecule has 0 amide bonds. The van der Waals surface area contributed by atoms with Crippen LogP contribution in [-0.2, 0) is 5.41 Å². The Bertz CT molecular complexity index is 2260. The summed E-state index contributed by atoms with van der Waals surface area (Å²) in [5.41, 5.74) is 8.80. The third-order valence-electron chi connectivity index (χ3n) is 8.10. The fourth-order valence-corrected chi connectivity index (χ4v) is 7.26. The molecule has 5 aromatic carbocycles. The van der Waals surface area contributed by atoms with Gasteiger partial charge in [0.05, 0.1) is 27.1 Å². The predicted octanol–water partition coefficient (Wildman–Crippen LogP) is 11.5. The van der Waals surface area contributed by atoms with E-state index in [9.17, 15) is 0 Å². The van der Waals surface area contributed by atoms with Gasteiger partial charge in [-0.1, -0.05) is 93.0 Å². The van der Waals surface area contributed by atoms with Crippen LogP contribution in [0.2, 0.25) is 5.02 Å². The second-order valence-corrected chi connectivity index (χ2v) is 12.9. The molecule has 4 heteroatoms. The summed E-state index contributed by atoms with van der Waals surface area (Å²) in [6.45, 7) is 6.79. The number of hydrogen-bond donors (Lipinski definition) is 0. The first-order valence-electron chi connectivity index (χ1n) is 13.5. The maximum Gasteiger partial charge on any atom is 0.146 e. The van der Waals surface area contributed by atoms with Gasteiger partial charge in [-0.15, -0.1) is 11.3 Å². The molecular formula is C36H26ClNOS. The van der Waals surface area contributed by atoms with E-state index in [1.807, 2.05) is 18.2 Å². The van der Waals surface area contributed by atoms with E-state index in [4.69, 9.17) is 16.0 Å². The Morgan fingerprint density at radius 3 is 2.33 bits per heavy atom. The number of furan rings is 1. The lowest BCUT2D eigenvalue weighted by Gasteiger charge is -2.19. The zero-order valence-electron chi connectivity index (χ0n) is 22.5. The highest BCUT2D eigenvalue weighted by molar-refractivity contribution is 7.17. The molecule has 0 fully saturated rings. The summed E-state index contributed by atoms with van der Waals surface area (Å²) in [6, 6.07) is 34.5. The van der Waals surface area contributed by atoms with Gasteiger partial charge in [0.1, 0.15) is 11.2 Å². The summed E-state index contributed by atoms with van der Waals surface area (Å²) in [5.74, 6) is 0. The highest BCUT2D eigenvalue weighted by atomic mass is 35.5. The van der Waals surface area contributed by atoms with E-state index in [0.29, 0.717) is 5.02 Å². The van der Waals surface area contributed by atoms with Crippen molar-refractivity contribution >= 4 is 76.8 Å². The van der Waals surface area contributed by atoms with Crippen LogP contribution in [-0.4, -0.2) is 4.57 Å². The summed E-state index contributed by atoms with van der Waals surface area (Å²) in [6.07, 6.45) is 0. The maximum atomic E-state index is 7.07. The average Bonchev–Trinajstić information content (AvgIpc) is 3.63. The number of thiophene rings is 1. The number of halogens is 1. The summed E-state index contributed by atoms with van der Waals surface area (Å²) in [7, 11) is 0. The molecule has 2 nitrogen and oxygen atoms in total. The van der Waals surface area contributed by atoms with Crippen molar-refractivity contribution in [3.63, 3.8) is 0 Å². The summed E-state index contributed by atoms with van der Waals surface area (Å²) in [5, 5.41) is 8.52. The number of rotatable bonds is 2. The zero-order valence-corrected chi connectivity index (χ0v) is 24.0. The van der Waals surface area contributed by atoms with Gasteiger partial charge < -0.3 is 8.98 Å². The smallest absolute Gasteiger partial charge is 0.146 e. The van der Waals surface area contributed by atoms with Crippen LogP contribution in [0.15, 0.2) is 107 Å². The van der Waals surface area contributed by atoms with Crippen LogP contribution in [0.1, 0.15) is 26.3 Å². The molecule has 0 bridgehead atoms. The molecule has 194 valence electrons. The third-order valence-corrected chi connectivity index (χ3v) is 9.34. The van der Waals surface area contributed by atoms with E-state index in [0.717, 1.165) is 44.0 Å². The number of para-hydroxylation sites is 1. The monoisotopic (exact) mass is 555 g/mol. The zero-order chi connectivity index (χ0) is 27.2. The predicted molar refractivity (Wildman–Crippen MR) is 173 cm³/mol. The Kier molecular flexibility index (Phi) is 5.04. The molecule has 0 aliphatic carbocycles. The van der Waals surface area contributed by atoms with Crippen molar-refractivity contribution in [3.05, 3.63) is 113 Å². The largest absolute Gasteiger partial charge is 0.455 e. The lowest BCUT2D eigenvalue weighted by Crippen LogP contribution is -2.10. The molecule has 3 heterocycles. The highest BCUT2D eigenvalue weighted by Crippen LogP contribution is 2.46. The topological polar surface area (TPSA) is 18.1 Å². The molecule has 0 aliphatic rings. The van der Waals surface area contributed by atoms with Crippen LogP contribution in [0.3, 0.4) is 0 Å². The average molecular weight is 556 g/mol. The highest BCUT2D eigenvalue weighted by Gasteiger charge is 2.24. The molecule has 0 N–H and O–H groups in total. The number of aromatic nitrogens is 1. The Balaban J connectivity index is 1.52. The Morgan fingerprint density at radius 2 is 1.50 bits per heavy atom. The minimum atomic E-state index is 0.0156. The molecule has 0 radical (unpaired) electrons. The molecule has 8 rings (SSSR count). The first kappa shape index (κ1) is 23.8. The molecule has 0 saturated heterocycles. The van der Waals surface area contributed by atoms with Gasteiger partial charge in [-0.3, -0.25) is 0 Å². The van der Waals surface area contributed by atoms with E-state index in [-0.39, 0.29) is 5.41 Å². The van der Waals surface area contributed by atoms with Crippen LogP contribution in [0.25, 0.3) is 70.6 Å². The standard InChI is InChI=1S/C36H26ClNOS/c1-36(2,3)23-14-15-28-26(18-23)34-29(19-27(37)33-24-11-7-8-12-31(24)39-35(33)34)38(28)30-20-40-32-16-13-22(17-25(30)32)21-9-5-4-6-10-21/h4-20H,1-3H3. The number of nitrogens with zero attached hydrogens (tertiary/aromatic N) is 1. The normalized spacial score (nSPS) is 12.5. The molecule has 0 aliphatic heterocycles. The van der Waals surface area contributed by atoms with E-state index < -0.39 is 0 Å². The molecule has 0 saturated carbocycles. The quantitative estimate of drug-likeness (QED) is 0.207. The SMILES string of the molecule is CC(C)(C)c1ccc2c(c1)c1c3oc4ccccc4c3c(Cl)cc1n2-c1csc2ccc(-c3ccccc3)cc12. The first-order chi connectivity index (χ1) is 19.4. The van der Waals surface area contributed by atoms with Crippen molar-refractivity contribution in [1.82, 2.24) is 4.57 Å². The first-order valence-corrected chi connectivity index (χ1v) is 14.8. The second-order valence-electron chi connectivity index (χ2n) is 11.6. The van der Waals surface area contributed by atoms with Gasteiger partial charge >= 0.3 is 0 Å². The van der Waals surface area contributed by atoms with Crippen molar-refractivity contribution < 1.29 is 4.42 Å². The van der Waals surface area contributed by atoms with E-state index >= 15 is 0 Å². The maximum absolute atomic E-state index is 7.07. The Labute approximate surface area is 241 Å². The molecule has 3 aromatic heterocycles. The van der Waals surface area contributed by atoms with Crippen LogP contribution in [0.5, 0.6) is 0 Å². The van der Waals surface area contributed by atoms with Crippen molar-refractivity contribution in [1.29, 1.82) is 0 Å². The fraction of sp³-hybridized carbons (Fsp3) is 0.111. The van der Waals surface area contributed by atoms with Gasteiger partial charge in [0, 0.05) is 31.6 Å². The number of fused-ring (bicyclic) bond motifs is 8. The van der Waals surface area contributed by atoms with Gasteiger partial charge in [0.15, 0.2) is 0 Å². The number of benzene rings is 5. The van der Waals surface area contributed by atoms with Gasteiger partial charge in [0.2, 0.25) is 0 Å². The minimum Gasteiger partial charge on any atom is -0.455 e. The van der Waals surface area contributed by atoms with E-state index in [1.165, 1.54) is 32.2 Å². The van der Waals surface area contributed by atoms with Gasteiger partial charge in [-0.2, -0.15) is 0 Å². The Hall–Kier alpha value is -4.05. The minimum absolute atomic E-state index is 0.0156. The lowest BCUT2D eigenvalue weighted by atomic mass is 9.86. The van der Waals surface area contributed by atoms with Crippen molar-refractivity contribution in [2.24, 2.45) is 0 Å². The molecular weight excluding hydrogens is 530 g/mol. The van der Waals surface area contributed by atoms with Gasteiger partial charge in [-0.25, -0.2) is 0 Å². The summed E-state index contributed by atoms with van der Waals surface area (Å²) in [4.78, 5) is 0. The van der Waals surface area contributed by atoms with Crippen LogP contribution < -0.4 is 0 Å². The summed E-state index contributed by atoms with van der Waals surface area (Å²) >= 11 is 8.85. The van der Waals surface area contributed by atoms with E-state index in [1.54, 1.807) is 11.3 Å². The van der Waals surface area contributed by atoms with Gasteiger partial charge in [-0.05, 0) is 58.5 Å². The van der Waals surface area contributed by atoms with Crippen molar-refractivity contribution in [2.75, 3.05) is 0 Å². The van der Waals surface area contributed by atoms with E-state index in [2.05, 4.69) is 110 Å². The molecule has 0 atom stereocenters. The lowest BCUT2D eigenvalue weighted by molar-refractivity contribution is 0.591.